The maximum absolute atomic E-state index is 14.1. The van der Waals surface area contributed by atoms with E-state index in [9.17, 15) is 14.0 Å². The smallest absolute Gasteiger partial charge is 0.242 e. The number of aryl methyl sites for hydroxylation is 1. The van der Waals surface area contributed by atoms with E-state index in [1.807, 2.05) is 38.1 Å². The minimum atomic E-state index is -0.590. The molecule has 0 aliphatic rings. The summed E-state index contributed by atoms with van der Waals surface area (Å²) in [5.74, 6) is -0.820. The van der Waals surface area contributed by atoms with E-state index in [0.717, 1.165) is 24.0 Å². The van der Waals surface area contributed by atoms with Gasteiger partial charge in [-0.05, 0) is 37.0 Å². The molecule has 5 heteroatoms. The molecule has 4 nitrogen and oxygen atoms in total. The SMILES string of the molecule is CCCCNC(=O)[C@H](CC)N(Cc1ccc(C)cc1)C(=O)Cc1ccccc1F. The van der Waals surface area contributed by atoms with Gasteiger partial charge in [-0.15, -0.1) is 0 Å². The maximum Gasteiger partial charge on any atom is 0.242 e. The molecule has 0 spiro atoms. The summed E-state index contributed by atoms with van der Waals surface area (Å²) in [5.41, 5.74) is 2.41. The number of nitrogens with one attached hydrogen (secondary N) is 1. The predicted molar refractivity (Wildman–Crippen MR) is 114 cm³/mol. The van der Waals surface area contributed by atoms with Crippen molar-refractivity contribution in [3.05, 3.63) is 71.0 Å². The molecule has 0 saturated carbocycles. The van der Waals surface area contributed by atoms with Crippen LogP contribution in [0.5, 0.6) is 0 Å². The normalized spacial score (nSPS) is 11.7. The summed E-state index contributed by atoms with van der Waals surface area (Å²) in [6.07, 6.45) is 2.30. The van der Waals surface area contributed by atoms with Crippen molar-refractivity contribution in [2.24, 2.45) is 0 Å². The fourth-order valence-corrected chi connectivity index (χ4v) is 3.22. The molecule has 0 aromatic heterocycles. The zero-order valence-electron chi connectivity index (χ0n) is 17.6. The number of nitrogens with zero attached hydrogens (tertiary/aromatic N) is 1. The Hall–Kier alpha value is -2.69. The van der Waals surface area contributed by atoms with E-state index in [2.05, 4.69) is 12.2 Å². The van der Waals surface area contributed by atoms with Gasteiger partial charge in [0.2, 0.25) is 11.8 Å². The third kappa shape index (κ3) is 6.70. The van der Waals surface area contributed by atoms with Crippen LogP contribution in [0.3, 0.4) is 0 Å². The highest BCUT2D eigenvalue weighted by Gasteiger charge is 2.28. The number of benzene rings is 2. The van der Waals surface area contributed by atoms with Gasteiger partial charge in [-0.2, -0.15) is 0 Å². The van der Waals surface area contributed by atoms with Crippen LogP contribution in [0.1, 0.15) is 49.8 Å². The number of carbonyl (C=O) groups excluding carboxylic acids is 2. The van der Waals surface area contributed by atoms with Gasteiger partial charge >= 0.3 is 0 Å². The van der Waals surface area contributed by atoms with Crippen LogP contribution in [0.4, 0.5) is 4.39 Å². The van der Waals surface area contributed by atoms with Gasteiger partial charge in [0.15, 0.2) is 0 Å². The quantitative estimate of drug-likeness (QED) is 0.603. The molecule has 0 bridgehead atoms. The number of hydrogen-bond donors (Lipinski definition) is 1. The average molecular weight is 399 g/mol. The van der Waals surface area contributed by atoms with E-state index >= 15 is 0 Å². The standard InChI is InChI=1S/C24H31FN2O2/c1-4-6-15-26-24(29)22(5-2)27(17-19-13-11-18(3)12-14-19)23(28)16-20-9-7-8-10-21(20)25/h7-14,22H,4-6,15-17H2,1-3H3,(H,26,29)/t22-/m0/s1. The Labute approximate surface area is 173 Å². The predicted octanol–water partition coefficient (Wildman–Crippen LogP) is 4.40. The first-order chi connectivity index (χ1) is 14.0. The van der Waals surface area contributed by atoms with Gasteiger partial charge in [0.05, 0.1) is 6.42 Å². The van der Waals surface area contributed by atoms with Crippen molar-refractivity contribution in [3.8, 4) is 0 Å². The van der Waals surface area contributed by atoms with Crippen molar-refractivity contribution in [2.75, 3.05) is 6.54 Å². The van der Waals surface area contributed by atoms with Gasteiger partial charge in [-0.25, -0.2) is 4.39 Å². The van der Waals surface area contributed by atoms with Crippen LogP contribution in [-0.2, 0) is 22.6 Å². The Morgan fingerprint density at radius 2 is 1.76 bits per heavy atom. The van der Waals surface area contributed by atoms with Gasteiger partial charge in [-0.3, -0.25) is 9.59 Å². The molecule has 0 aliphatic heterocycles. The van der Waals surface area contributed by atoms with Crippen LogP contribution < -0.4 is 5.32 Å². The summed E-state index contributed by atoms with van der Waals surface area (Å²) in [4.78, 5) is 27.5. The van der Waals surface area contributed by atoms with Crippen molar-refractivity contribution < 1.29 is 14.0 Å². The van der Waals surface area contributed by atoms with Crippen molar-refractivity contribution in [1.29, 1.82) is 0 Å². The largest absolute Gasteiger partial charge is 0.354 e. The molecule has 29 heavy (non-hydrogen) atoms. The summed E-state index contributed by atoms with van der Waals surface area (Å²) in [7, 11) is 0. The molecule has 2 aromatic carbocycles. The fraction of sp³-hybridized carbons (Fsp3) is 0.417. The Balaban J connectivity index is 2.25. The highest BCUT2D eigenvalue weighted by Crippen LogP contribution is 2.16. The van der Waals surface area contributed by atoms with Gasteiger partial charge < -0.3 is 10.2 Å². The van der Waals surface area contributed by atoms with Crippen molar-refractivity contribution in [2.45, 2.75) is 59.0 Å². The lowest BCUT2D eigenvalue weighted by atomic mass is 10.1. The summed E-state index contributed by atoms with van der Waals surface area (Å²) in [6.45, 7) is 6.85. The Morgan fingerprint density at radius 1 is 1.07 bits per heavy atom. The number of halogens is 1. The van der Waals surface area contributed by atoms with Crippen LogP contribution in [-0.4, -0.2) is 29.3 Å². The zero-order chi connectivity index (χ0) is 21.2. The molecule has 0 saturated heterocycles. The summed E-state index contributed by atoms with van der Waals surface area (Å²) < 4.78 is 14.1. The van der Waals surface area contributed by atoms with E-state index in [1.54, 1.807) is 23.1 Å². The molecule has 2 amide bonds. The molecule has 1 atom stereocenters. The monoisotopic (exact) mass is 398 g/mol. The minimum absolute atomic E-state index is 0.0721. The van der Waals surface area contributed by atoms with Crippen LogP contribution in [0.25, 0.3) is 0 Å². The lowest BCUT2D eigenvalue weighted by Gasteiger charge is -2.31. The first kappa shape index (κ1) is 22.6. The Kier molecular flexibility index (Phi) is 8.84. The third-order valence-electron chi connectivity index (χ3n) is 4.99. The molecule has 0 fully saturated rings. The lowest BCUT2D eigenvalue weighted by Crippen LogP contribution is -2.49. The molecule has 0 unspecified atom stereocenters. The molecular formula is C24H31FN2O2. The highest BCUT2D eigenvalue weighted by atomic mass is 19.1. The van der Waals surface area contributed by atoms with E-state index in [0.29, 0.717) is 25.1 Å². The third-order valence-corrected chi connectivity index (χ3v) is 4.99. The fourth-order valence-electron chi connectivity index (χ4n) is 3.22. The molecule has 1 N–H and O–H groups in total. The molecule has 0 radical (unpaired) electrons. The maximum atomic E-state index is 14.1. The number of amides is 2. The first-order valence-corrected chi connectivity index (χ1v) is 10.3. The second kappa shape index (κ2) is 11.3. The van der Waals surface area contributed by atoms with Crippen LogP contribution in [0.2, 0.25) is 0 Å². The Morgan fingerprint density at radius 3 is 2.38 bits per heavy atom. The molecule has 156 valence electrons. The van der Waals surface area contributed by atoms with Crippen LogP contribution in [0.15, 0.2) is 48.5 Å². The van der Waals surface area contributed by atoms with Gasteiger partial charge in [0.1, 0.15) is 11.9 Å². The van der Waals surface area contributed by atoms with E-state index in [4.69, 9.17) is 0 Å². The van der Waals surface area contributed by atoms with E-state index in [-0.39, 0.29) is 18.2 Å². The highest BCUT2D eigenvalue weighted by molar-refractivity contribution is 5.88. The molecule has 0 aliphatic carbocycles. The second-order valence-electron chi connectivity index (χ2n) is 7.34. The minimum Gasteiger partial charge on any atom is -0.354 e. The molecule has 2 aromatic rings. The molecule has 2 rings (SSSR count). The topological polar surface area (TPSA) is 49.4 Å². The van der Waals surface area contributed by atoms with Crippen molar-refractivity contribution >= 4 is 11.8 Å². The summed E-state index contributed by atoms with van der Waals surface area (Å²) in [6, 6.07) is 13.6. The summed E-state index contributed by atoms with van der Waals surface area (Å²) in [5, 5.41) is 2.93. The van der Waals surface area contributed by atoms with E-state index < -0.39 is 11.9 Å². The Bertz CT molecular complexity index is 805. The number of unbranched alkanes of at least 4 members (excludes halogenated alkanes) is 1. The molecule has 0 heterocycles. The van der Waals surface area contributed by atoms with E-state index in [1.165, 1.54) is 6.07 Å². The molecular weight excluding hydrogens is 367 g/mol. The van der Waals surface area contributed by atoms with Crippen LogP contribution >= 0.6 is 0 Å². The number of carbonyl (C=O) groups is 2. The van der Waals surface area contributed by atoms with Gasteiger partial charge in [0.25, 0.3) is 0 Å². The van der Waals surface area contributed by atoms with Crippen LogP contribution in [0, 0.1) is 12.7 Å². The van der Waals surface area contributed by atoms with Gasteiger partial charge in [-0.1, -0.05) is 68.3 Å². The first-order valence-electron chi connectivity index (χ1n) is 10.3. The number of hydrogen-bond acceptors (Lipinski definition) is 2. The number of rotatable bonds is 10. The van der Waals surface area contributed by atoms with Gasteiger partial charge in [0, 0.05) is 13.1 Å². The van der Waals surface area contributed by atoms with Crippen molar-refractivity contribution in [1.82, 2.24) is 10.2 Å². The lowest BCUT2D eigenvalue weighted by molar-refractivity contribution is -0.141. The van der Waals surface area contributed by atoms with Crippen molar-refractivity contribution in [3.63, 3.8) is 0 Å². The second-order valence-corrected chi connectivity index (χ2v) is 7.34. The average Bonchev–Trinajstić information content (AvgIpc) is 2.71. The summed E-state index contributed by atoms with van der Waals surface area (Å²) >= 11 is 0. The zero-order valence-corrected chi connectivity index (χ0v) is 17.6.